The smallest absolute Gasteiger partial charge is 0.410 e. The van der Waals surface area contributed by atoms with Gasteiger partial charge >= 0.3 is 6.09 Å². The molecule has 8 nitrogen and oxygen atoms in total. The lowest BCUT2D eigenvalue weighted by molar-refractivity contribution is 0.0138. The van der Waals surface area contributed by atoms with E-state index in [0.717, 1.165) is 61.1 Å². The van der Waals surface area contributed by atoms with Crippen LogP contribution >= 0.6 is 0 Å². The fourth-order valence-corrected chi connectivity index (χ4v) is 4.42. The van der Waals surface area contributed by atoms with Crippen molar-refractivity contribution in [2.75, 3.05) is 38.3 Å². The number of aryl methyl sites for hydroxylation is 1. The molecule has 1 saturated heterocycles. The molecule has 2 aromatic heterocycles. The summed E-state index contributed by atoms with van der Waals surface area (Å²) in [5.41, 5.74) is 1.48. The van der Waals surface area contributed by atoms with Crippen molar-refractivity contribution in [3.8, 4) is 5.88 Å². The zero-order valence-corrected chi connectivity index (χ0v) is 22.5. The van der Waals surface area contributed by atoms with E-state index in [1.165, 1.54) is 0 Å². The lowest BCUT2D eigenvalue weighted by Crippen LogP contribution is -2.43. The average molecular weight is 487 g/mol. The molecule has 4 rings (SSSR count). The molecule has 0 spiro atoms. The fraction of sp³-hybridized carbons (Fsp3) is 0.667. The van der Waals surface area contributed by atoms with Gasteiger partial charge in [0.15, 0.2) is 0 Å². The van der Waals surface area contributed by atoms with Crippen molar-refractivity contribution in [3.63, 3.8) is 0 Å². The van der Waals surface area contributed by atoms with Crippen molar-refractivity contribution in [2.24, 2.45) is 0 Å². The van der Waals surface area contributed by atoms with E-state index in [9.17, 15) is 4.79 Å². The number of hydrogen-bond acceptors (Lipinski definition) is 7. The van der Waals surface area contributed by atoms with E-state index in [-0.39, 0.29) is 18.2 Å². The maximum Gasteiger partial charge on any atom is 0.410 e. The molecule has 0 N–H and O–H groups in total. The van der Waals surface area contributed by atoms with Gasteiger partial charge in [-0.15, -0.1) is 0 Å². The van der Waals surface area contributed by atoms with Crippen molar-refractivity contribution in [2.45, 2.75) is 85.0 Å². The normalized spacial score (nSPS) is 20.6. The highest BCUT2D eigenvalue weighted by atomic mass is 16.6. The van der Waals surface area contributed by atoms with Crippen LogP contribution in [0, 0.1) is 6.92 Å². The van der Waals surface area contributed by atoms with Gasteiger partial charge in [-0.3, -0.25) is 4.98 Å². The quantitative estimate of drug-likeness (QED) is 0.576. The van der Waals surface area contributed by atoms with E-state index in [1.54, 1.807) is 4.90 Å². The highest BCUT2D eigenvalue weighted by molar-refractivity contribution is 5.86. The van der Waals surface area contributed by atoms with E-state index < -0.39 is 5.60 Å². The van der Waals surface area contributed by atoms with Gasteiger partial charge in [-0.1, -0.05) is 13.8 Å². The van der Waals surface area contributed by atoms with Gasteiger partial charge in [-0.2, -0.15) is 4.98 Å². The van der Waals surface area contributed by atoms with Crippen LogP contribution in [0.25, 0.3) is 10.9 Å². The van der Waals surface area contributed by atoms with Gasteiger partial charge in [0.05, 0.1) is 24.1 Å². The molecular weight excluding hydrogens is 444 g/mol. The first-order valence-corrected chi connectivity index (χ1v) is 12.9. The highest BCUT2D eigenvalue weighted by Crippen LogP contribution is 2.32. The molecule has 0 atom stereocenters. The summed E-state index contributed by atoms with van der Waals surface area (Å²) in [7, 11) is 1.83. The third kappa shape index (κ3) is 7.19. The molecule has 0 aromatic carbocycles. The number of nitrogens with zero attached hydrogens (tertiary/aromatic N) is 4. The Labute approximate surface area is 210 Å². The minimum absolute atomic E-state index is 0.0597. The third-order valence-electron chi connectivity index (χ3n) is 6.25. The molecule has 194 valence electrons. The molecule has 0 radical (unpaired) electrons. The number of fused-ring (bicyclic) bond motifs is 1. The number of anilines is 1. The molecule has 0 unspecified atom stereocenters. The Morgan fingerprint density at radius 3 is 2.40 bits per heavy atom. The minimum atomic E-state index is -0.490. The Hall–Kier alpha value is -2.61. The lowest BCUT2D eigenvalue weighted by Gasteiger charge is -2.35. The second kappa shape index (κ2) is 11.9. The van der Waals surface area contributed by atoms with E-state index in [0.29, 0.717) is 19.1 Å². The van der Waals surface area contributed by atoms with Crippen LogP contribution < -0.4 is 9.64 Å². The van der Waals surface area contributed by atoms with Crippen LogP contribution in [0.1, 0.15) is 65.9 Å². The SMILES string of the molecule is CC.Cc1cnc2cc(N3CCOCC3)nc(OC3CCC(N(C)C(=O)OC(C)(C)C)CC3)c2c1. The van der Waals surface area contributed by atoms with Crippen LogP contribution in [0.2, 0.25) is 0 Å². The van der Waals surface area contributed by atoms with Gasteiger partial charge in [0.25, 0.3) is 0 Å². The Morgan fingerprint density at radius 1 is 1.11 bits per heavy atom. The molecule has 3 heterocycles. The van der Waals surface area contributed by atoms with Crippen molar-refractivity contribution < 1.29 is 19.0 Å². The van der Waals surface area contributed by atoms with Gasteiger partial charge in [0.2, 0.25) is 5.88 Å². The van der Waals surface area contributed by atoms with Crippen LogP contribution in [0.4, 0.5) is 10.6 Å². The first-order chi connectivity index (χ1) is 16.7. The van der Waals surface area contributed by atoms with Gasteiger partial charge in [-0.05, 0) is 65.0 Å². The summed E-state index contributed by atoms with van der Waals surface area (Å²) in [4.78, 5) is 25.9. The largest absolute Gasteiger partial charge is 0.474 e. The topological polar surface area (TPSA) is 77.0 Å². The number of rotatable bonds is 4. The summed E-state index contributed by atoms with van der Waals surface area (Å²) in [5.74, 6) is 1.53. The molecular formula is C27H42N4O4. The van der Waals surface area contributed by atoms with Crippen LogP contribution in [-0.4, -0.2) is 72.1 Å². The van der Waals surface area contributed by atoms with Crippen molar-refractivity contribution in [3.05, 3.63) is 23.9 Å². The zero-order valence-electron chi connectivity index (χ0n) is 22.5. The van der Waals surface area contributed by atoms with E-state index in [2.05, 4.69) is 16.0 Å². The molecule has 8 heteroatoms. The summed E-state index contributed by atoms with van der Waals surface area (Å²) in [6, 6.07) is 4.29. The molecule has 1 aliphatic heterocycles. The minimum Gasteiger partial charge on any atom is -0.474 e. The number of amides is 1. The number of morpholine rings is 1. The Kier molecular flexibility index (Phi) is 9.16. The monoisotopic (exact) mass is 486 g/mol. The molecule has 1 saturated carbocycles. The van der Waals surface area contributed by atoms with Gasteiger partial charge in [0.1, 0.15) is 17.5 Å². The van der Waals surface area contributed by atoms with E-state index >= 15 is 0 Å². The summed E-state index contributed by atoms with van der Waals surface area (Å²) in [5, 5.41) is 0.944. The van der Waals surface area contributed by atoms with Crippen molar-refractivity contribution in [1.29, 1.82) is 0 Å². The van der Waals surface area contributed by atoms with Crippen molar-refractivity contribution >= 4 is 22.8 Å². The fourth-order valence-electron chi connectivity index (χ4n) is 4.42. The standard InChI is InChI=1S/C25H36N4O4.C2H6/c1-17-14-20-21(26-16-17)15-22(29-10-12-31-13-11-29)27-23(20)32-19-8-6-18(7-9-19)28(5)24(30)33-25(2,3)4;1-2/h14-16,18-19H,6-13H2,1-5H3;1-2H3. The molecule has 2 fully saturated rings. The second-order valence-corrected chi connectivity index (χ2v) is 10.1. The first-order valence-electron chi connectivity index (χ1n) is 12.9. The Morgan fingerprint density at radius 2 is 1.77 bits per heavy atom. The predicted octanol–water partition coefficient (Wildman–Crippen LogP) is 5.36. The number of ether oxygens (including phenoxy) is 3. The van der Waals surface area contributed by atoms with Crippen LogP contribution in [0.15, 0.2) is 18.3 Å². The summed E-state index contributed by atoms with van der Waals surface area (Å²) >= 11 is 0. The van der Waals surface area contributed by atoms with Crippen molar-refractivity contribution in [1.82, 2.24) is 14.9 Å². The first kappa shape index (κ1) is 27.0. The van der Waals surface area contributed by atoms with Gasteiger partial charge in [-0.25, -0.2) is 4.79 Å². The molecule has 35 heavy (non-hydrogen) atoms. The average Bonchev–Trinajstić information content (AvgIpc) is 2.85. The number of pyridine rings is 2. The molecule has 2 aromatic rings. The predicted molar refractivity (Wildman–Crippen MR) is 139 cm³/mol. The third-order valence-corrected chi connectivity index (χ3v) is 6.25. The Bertz CT molecular complexity index is 977. The van der Waals surface area contributed by atoms with Crippen LogP contribution in [-0.2, 0) is 9.47 Å². The number of carbonyl (C=O) groups excluding carboxylic acids is 1. The maximum atomic E-state index is 12.4. The zero-order chi connectivity index (χ0) is 25.6. The molecule has 1 amide bonds. The van der Waals surface area contributed by atoms with Crippen LogP contribution in [0.5, 0.6) is 5.88 Å². The molecule has 0 bridgehead atoms. The van der Waals surface area contributed by atoms with Gasteiger partial charge in [0, 0.05) is 38.4 Å². The summed E-state index contributed by atoms with van der Waals surface area (Å²) in [6.07, 6.45) is 5.15. The van der Waals surface area contributed by atoms with Gasteiger partial charge < -0.3 is 24.0 Å². The summed E-state index contributed by atoms with van der Waals surface area (Å²) in [6.45, 7) is 14.7. The lowest BCUT2D eigenvalue weighted by atomic mass is 9.92. The number of hydrogen-bond donors (Lipinski definition) is 0. The number of carbonyl (C=O) groups is 1. The summed E-state index contributed by atoms with van der Waals surface area (Å²) < 4.78 is 17.5. The van der Waals surface area contributed by atoms with Crippen LogP contribution in [0.3, 0.4) is 0 Å². The van der Waals surface area contributed by atoms with E-state index in [1.807, 2.05) is 60.9 Å². The molecule has 1 aliphatic carbocycles. The molecule has 2 aliphatic rings. The highest BCUT2D eigenvalue weighted by Gasteiger charge is 2.30. The number of aromatic nitrogens is 2. The maximum absolute atomic E-state index is 12.4. The van der Waals surface area contributed by atoms with E-state index in [4.69, 9.17) is 19.2 Å². The second-order valence-electron chi connectivity index (χ2n) is 10.1. The Balaban J connectivity index is 0.00000167.